The molecule has 27 heavy (non-hydrogen) atoms. The molecule has 0 spiro atoms. The van der Waals surface area contributed by atoms with Gasteiger partial charge >= 0.3 is 0 Å². The van der Waals surface area contributed by atoms with E-state index in [1.165, 1.54) is 29.2 Å². The maximum absolute atomic E-state index is 13.3. The zero-order valence-electron chi connectivity index (χ0n) is 14.3. The van der Waals surface area contributed by atoms with Crippen LogP contribution in [0, 0.1) is 17.3 Å². The molecule has 1 fully saturated rings. The number of benzene rings is 2. The van der Waals surface area contributed by atoms with Crippen molar-refractivity contribution in [1.29, 1.82) is 5.26 Å². The zero-order valence-corrected chi connectivity index (χ0v) is 15.9. The van der Waals surface area contributed by atoms with E-state index >= 15 is 0 Å². The Labute approximate surface area is 162 Å². The van der Waals surface area contributed by atoms with Crippen LogP contribution in [0.1, 0.15) is 12.0 Å². The fourth-order valence-electron chi connectivity index (χ4n) is 2.90. The van der Waals surface area contributed by atoms with Gasteiger partial charge in [-0.1, -0.05) is 23.7 Å². The van der Waals surface area contributed by atoms with Crippen LogP contribution in [0.2, 0.25) is 5.02 Å². The van der Waals surface area contributed by atoms with E-state index < -0.39 is 10.0 Å². The molecule has 0 aliphatic carbocycles. The second-order valence-corrected chi connectivity index (χ2v) is 8.37. The van der Waals surface area contributed by atoms with Crippen LogP contribution in [0.3, 0.4) is 0 Å². The molecule has 2 aromatic rings. The summed E-state index contributed by atoms with van der Waals surface area (Å²) < 4.78 is 41.3. The summed E-state index contributed by atoms with van der Waals surface area (Å²) in [6.45, 7) is 1.20. The summed E-state index contributed by atoms with van der Waals surface area (Å²) in [5, 5.41) is 12.1. The Morgan fingerprint density at radius 3 is 2.81 bits per heavy atom. The van der Waals surface area contributed by atoms with Crippen LogP contribution in [0.25, 0.3) is 0 Å². The summed E-state index contributed by atoms with van der Waals surface area (Å²) in [6.07, 6.45) is 2.57. The minimum absolute atomic E-state index is 0.0381. The molecule has 0 aromatic heterocycles. The molecular formula is C18H18ClFN4O2S. The Kier molecular flexibility index (Phi) is 5.85. The number of sulfonamides is 1. The van der Waals surface area contributed by atoms with E-state index in [-0.39, 0.29) is 21.8 Å². The standard InChI is InChI=1S/C18H18ClFN4O2S/c19-17-5-4-15(22-10-13-2-1-3-14(20)8-13)9-18(17)27(25,26)23-16-6-7-24(11-16)12-21/h1-5,8-9,16,22-23H,6-7,10-11H2/t16-/m1/s1. The minimum atomic E-state index is -3.84. The van der Waals surface area contributed by atoms with Crippen LogP contribution in [0.15, 0.2) is 47.4 Å². The molecule has 1 aliphatic heterocycles. The van der Waals surface area contributed by atoms with Crippen LogP contribution in [-0.2, 0) is 16.6 Å². The van der Waals surface area contributed by atoms with Gasteiger partial charge in [0, 0.05) is 31.4 Å². The molecule has 0 amide bonds. The molecule has 6 nitrogen and oxygen atoms in total. The highest BCUT2D eigenvalue weighted by atomic mass is 35.5. The van der Waals surface area contributed by atoms with Gasteiger partial charge in [0.2, 0.25) is 10.0 Å². The summed E-state index contributed by atoms with van der Waals surface area (Å²) >= 11 is 6.10. The topological polar surface area (TPSA) is 85.2 Å². The molecule has 2 N–H and O–H groups in total. The molecule has 2 aromatic carbocycles. The van der Waals surface area contributed by atoms with Gasteiger partial charge in [-0.15, -0.1) is 0 Å². The highest BCUT2D eigenvalue weighted by Crippen LogP contribution is 2.26. The van der Waals surface area contributed by atoms with Crippen molar-refractivity contribution >= 4 is 27.3 Å². The van der Waals surface area contributed by atoms with E-state index in [0.29, 0.717) is 31.7 Å². The third-order valence-electron chi connectivity index (χ3n) is 4.26. The van der Waals surface area contributed by atoms with Crippen LogP contribution in [-0.4, -0.2) is 32.4 Å². The summed E-state index contributed by atoms with van der Waals surface area (Å²) in [4.78, 5) is 1.47. The molecule has 1 saturated heterocycles. The van der Waals surface area contributed by atoms with Crippen molar-refractivity contribution < 1.29 is 12.8 Å². The van der Waals surface area contributed by atoms with E-state index in [1.807, 2.05) is 6.19 Å². The second kappa shape index (κ2) is 8.13. The lowest BCUT2D eigenvalue weighted by Gasteiger charge is -2.15. The molecule has 1 heterocycles. The van der Waals surface area contributed by atoms with Gasteiger partial charge in [0.1, 0.15) is 10.7 Å². The molecule has 3 rings (SSSR count). The monoisotopic (exact) mass is 408 g/mol. The Bertz CT molecular complexity index is 978. The molecule has 0 bridgehead atoms. The first kappa shape index (κ1) is 19.4. The lowest BCUT2D eigenvalue weighted by molar-refractivity contribution is 0.470. The molecule has 0 radical (unpaired) electrons. The normalized spacial score (nSPS) is 16.9. The van der Waals surface area contributed by atoms with E-state index in [1.54, 1.807) is 18.2 Å². The van der Waals surface area contributed by atoms with Crippen molar-refractivity contribution in [3.8, 4) is 6.19 Å². The van der Waals surface area contributed by atoms with Crippen LogP contribution in [0.5, 0.6) is 0 Å². The van der Waals surface area contributed by atoms with Gasteiger partial charge in [0.25, 0.3) is 0 Å². The first-order valence-electron chi connectivity index (χ1n) is 8.32. The molecule has 9 heteroatoms. The van der Waals surface area contributed by atoms with Gasteiger partial charge < -0.3 is 10.2 Å². The van der Waals surface area contributed by atoms with Crippen LogP contribution in [0.4, 0.5) is 10.1 Å². The lowest BCUT2D eigenvalue weighted by Crippen LogP contribution is -2.36. The third kappa shape index (κ3) is 4.89. The van der Waals surface area contributed by atoms with Crippen molar-refractivity contribution in [1.82, 2.24) is 9.62 Å². The molecular weight excluding hydrogens is 391 g/mol. The van der Waals surface area contributed by atoms with Crippen molar-refractivity contribution in [2.24, 2.45) is 0 Å². The second-order valence-electron chi connectivity index (χ2n) is 6.28. The van der Waals surface area contributed by atoms with Crippen LogP contribution >= 0.6 is 11.6 Å². The van der Waals surface area contributed by atoms with E-state index in [9.17, 15) is 12.8 Å². The number of hydrogen-bond donors (Lipinski definition) is 2. The molecule has 1 atom stereocenters. The lowest BCUT2D eigenvalue weighted by atomic mass is 10.2. The predicted octanol–water partition coefficient (Wildman–Crippen LogP) is 2.92. The first-order chi connectivity index (χ1) is 12.9. The Morgan fingerprint density at radius 1 is 1.30 bits per heavy atom. The fraction of sp³-hybridized carbons (Fsp3) is 0.278. The summed E-state index contributed by atoms with van der Waals surface area (Å²) in [7, 11) is -3.84. The number of nitriles is 1. The van der Waals surface area contributed by atoms with Gasteiger partial charge in [-0.25, -0.2) is 17.5 Å². The molecule has 0 saturated carbocycles. The molecule has 142 valence electrons. The number of halogens is 2. The van der Waals surface area contributed by atoms with Gasteiger partial charge in [0.05, 0.1) is 5.02 Å². The smallest absolute Gasteiger partial charge is 0.242 e. The quantitative estimate of drug-likeness (QED) is 0.718. The summed E-state index contributed by atoms with van der Waals surface area (Å²) in [6, 6.07) is 10.4. The average molecular weight is 409 g/mol. The van der Waals surface area contributed by atoms with Crippen LogP contribution < -0.4 is 10.0 Å². The van der Waals surface area contributed by atoms with Crippen molar-refractivity contribution in [2.45, 2.75) is 23.9 Å². The third-order valence-corrected chi connectivity index (χ3v) is 6.26. The van der Waals surface area contributed by atoms with Gasteiger partial charge in [0.15, 0.2) is 6.19 Å². The highest BCUT2D eigenvalue weighted by molar-refractivity contribution is 7.89. The highest BCUT2D eigenvalue weighted by Gasteiger charge is 2.28. The number of rotatable bonds is 6. The summed E-state index contributed by atoms with van der Waals surface area (Å²) in [5.41, 5.74) is 1.28. The Morgan fingerprint density at radius 2 is 2.11 bits per heavy atom. The number of nitrogens with zero attached hydrogens (tertiary/aromatic N) is 2. The minimum Gasteiger partial charge on any atom is -0.381 e. The maximum atomic E-state index is 13.3. The number of hydrogen-bond acceptors (Lipinski definition) is 5. The Balaban J connectivity index is 1.73. The maximum Gasteiger partial charge on any atom is 0.242 e. The predicted molar refractivity (Wildman–Crippen MR) is 101 cm³/mol. The summed E-state index contributed by atoms with van der Waals surface area (Å²) in [5.74, 6) is -0.333. The van der Waals surface area contributed by atoms with Crippen molar-refractivity contribution in [3.63, 3.8) is 0 Å². The van der Waals surface area contributed by atoms with Gasteiger partial charge in [-0.3, -0.25) is 0 Å². The number of anilines is 1. The average Bonchev–Trinajstić information content (AvgIpc) is 3.08. The fourth-order valence-corrected chi connectivity index (χ4v) is 4.69. The first-order valence-corrected chi connectivity index (χ1v) is 10.2. The van der Waals surface area contributed by atoms with E-state index in [2.05, 4.69) is 10.0 Å². The number of likely N-dealkylation sites (tertiary alicyclic amines) is 1. The number of nitrogens with one attached hydrogen (secondary N) is 2. The van der Waals surface area contributed by atoms with Crippen molar-refractivity contribution in [2.75, 3.05) is 18.4 Å². The van der Waals surface area contributed by atoms with Crippen molar-refractivity contribution in [3.05, 3.63) is 58.9 Å². The zero-order chi connectivity index (χ0) is 19.4. The van der Waals surface area contributed by atoms with E-state index in [4.69, 9.17) is 16.9 Å². The molecule has 0 unspecified atom stereocenters. The van der Waals surface area contributed by atoms with Gasteiger partial charge in [-0.05, 0) is 42.3 Å². The SMILES string of the molecule is N#CN1CC[C@@H](NS(=O)(=O)c2cc(NCc3cccc(F)c3)ccc2Cl)C1. The molecule has 1 aliphatic rings. The van der Waals surface area contributed by atoms with E-state index in [0.717, 1.165) is 5.56 Å². The largest absolute Gasteiger partial charge is 0.381 e. The Hall–Kier alpha value is -2.34. The van der Waals surface area contributed by atoms with Gasteiger partial charge in [-0.2, -0.15) is 5.26 Å².